The van der Waals surface area contributed by atoms with Gasteiger partial charge in [-0.05, 0) is 19.0 Å². The van der Waals surface area contributed by atoms with E-state index in [2.05, 4.69) is 17.4 Å². The Bertz CT molecular complexity index is 486. The van der Waals surface area contributed by atoms with Gasteiger partial charge in [0.2, 0.25) is 5.91 Å². The molecule has 1 aliphatic heterocycles. The van der Waals surface area contributed by atoms with Crippen LogP contribution >= 0.6 is 12.2 Å². The number of amides is 1. The van der Waals surface area contributed by atoms with E-state index in [0.717, 1.165) is 31.7 Å². The smallest absolute Gasteiger partial charge is 0.244 e. The molecule has 0 saturated carbocycles. The zero-order chi connectivity index (χ0) is 15.2. The number of hydrogen-bond acceptors (Lipinski definition) is 4. The summed E-state index contributed by atoms with van der Waals surface area (Å²) < 4.78 is 0. The Morgan fingerprint density at radius 2 is 1.90 bits per heavy atom. The van der Waals surface area contributed by atoms with Crippen LogP contribution in [0.2, 0.25) is 0 Å². The lowest BCUT2D eigenvalue weighted by atomic mass is 9.99. The molecule has 1 amide bonds. The van der Waals surface area contributed by atoms with Crippen molar-refractivity contribution in [1.82, 2.24) is 15.3 Å². The number of hydrazine groups is 1. The Kier molecular flexibility index (Phi) is 5.67. The van der Waals surface area contributed by atoms with Gasteiger partial charge >= 0.3 is 0 Å². The van der Waals surface area contributed by atoms with Crippen LogP contribution in [0.1, 0.15) is 5.56 Å². The van der Waals surface area contributed by atoms with Crippen LogP contribution in [0.15, 0.2) is 30.3 Å². The summed E-state index contributed by atoms with van der Waals surface area (Å²) in [5, 5.41) is 1.94. The van der Waals surface area contributed by atoms with Crippen molar-refractivity contribution in [2.75, 3.05) is 33.2 Å². The average molecular weight is 306 g/mol. The van der Waals surface area contributed by atoms with Crippen LogP contribution < -0.4 is 11.2 Å². The summed E-state index contributed by atoms with van der Waals surface area (Å²) >= 11 is 5.07. The van der Waals surface area contributed by atoms with E-state index >= 15 is 0 Å². The van der Waals surface area contributed by atoms with Gasteiger partial charge in [0.05, 0.1) is 10.9 Å². The molecular weight excluding hydrogens is 284 g/mol. The summed E-state index contributed by atoms with van der Waals surface area (Å²) in [6.07, 6.45) is 0.537. The molecule has 1 atom stereocenters. The number of carbonyl (C=O) groups is 1. The fourth-order valence-corrected chi connectivity index (χ4v) is 2.51. The van der Waals surface area contributed by atoms with E-state index in [0.29, 0.717) is 6.42 Å². The summed E-state index contributed by atoms with van der Waals surface area (Å²) in [5.41, 5.74) is 9.76. The Morgan fingerprint density at radius 1 is 1.29 bits per heavy atom. The van der Waals surface area contributed by atoms with Crippen molar-refractivity contribution in [2.45, 2.75) is 6.42 Å². The number of nitrogens with zero attached hydrogens (tertiary/aromatic N) is 2. The first kappa shape index (κ1) is 15.9. The molecule has 1 aromatic rings. The predicted molar refractivity (Wildman–Crippen MR) is 87.6 cm³/mol. The molecule has 114 valence electrons. The van der Waals surface area contributed by atoms with Gasteiger partial charge in [-0.2, -0.15) is 0 Å². The SMILES string of the molecule is CN1CCN(NC(=O)C(Cc2ccccc2)C(N)=S)CC1. The Balaban J connectivity index is 1.94. The second-order valence-corrected chi connectivity index (χ2v) is 5.88. The normalized spacial score (nSPS) is 18.1. The van der Waals surface area contributed by atoms with E-state index in [1.807, 2.05) is 35.3 Å². The minimum atomic E-state index is -0.470. The number of likely N-dealkylation sites (N-methyl/N-ethyl adjacent to an activating group) is 1. The van der Waals surface area contributed by atoms with Gasteiger partial charge in [-0.1, -0.05) is 42.5 Å². The molecule has 0 spiro atoms. The highest BCUT2D eigenvalue weighted by Gasteiger charge is 2.24. The molecular formula is C15H22N4OS. The number of hydrogen-bond donors (Lipinski definition) is 2. The molecule has 2 rings (SSSR count). The third-order valence-electron chi connectivity index (χ3n) is 3.71. The Hall–Kier alpha value is -1.50. The topological polar surface area (TPSA) is 61.6 Å². The number of thiocarbonyl (C=S) groups is 1. The first-order valence-corrected chi connectivity index (χ1v) is 7.54. The molecule has 1 heterocycles. The van der Waals surface area contributed by atoms with Gasteiger partial charge in [0.25, 0.3) is 0 Å². The summed E-state index contributed by atoms with van der Waals surface area (Å²) in [6.45, 7) is 3.52. The maximum absolute atomic E-state index is 12.4. The number of nitrogens with two attached hydrogens (primary N) is 1. The largest absolute Gasteiger partial charge is 0.393 e. The van der Waals surface area contributed by atoms with Crippen LogP contribution in [0.5, 0.6) is 0 Å². The highest BCUT2D eigenvalue weighted by atomic mass is 32.1. The molecule has 0 bridgehead atoms. The number of benzene rings is 1. The first-order valence-electron chi connectivity index (χ1n) is 7.13. The second kappa shape index (κ2) is 7.49. The van der Waals surface area contributed by atoms with Crippen molar-refractivity contribution in [3.8, 4) is 0 Å². The van der Waals surface area contributed by atoms with E-state index < -0.39 is 5.92 Å². The van der Waals surface area contributed by atoms with Crippen molar-refractivity contribution in [2.24, 2.45) is 11.7 Å². The number of piperazine rings is 1. The van der Waals surface area contributed by atoms with Gasteiger partial charge in [-0.3, -0.25) is 10.2 Å². The molecule has 6 heteroatoms. The van der Waals surface area contributed by atoms with E-state index in [4.69, 9.17) is 18.0 Å². The van der Waals surface area contributed by atoms with Crippen LogP contribution in [-0.4, -0.2) is 54.0 Å². The molecule has 1 saturated heterocycles. The van der Waals surface area contributed by atoms with Gasteiger partial charge in [-0.15, -0.1) is 0 Å². The minimum absolute atomic E-state index is 0.115. The van der Waals surface area contributed by atoms with E-state index in [-0.39, 0.29) is 10.9 Å². The van der Waals surface area contributed by atoms with E-state index in [1.54, 1.807) is 0 Å². The molecule has 3 N–H and O–H groups in total. The summed E-state index contributed by atoms with van der Waals surface area (Å²) in [7, 11) is 2.08. The zero-order valence-electron chi connectivity index (χ0n) is 12.3. The monoisotopic (exact) mass is 306 g/mol. The molecule has 0 aromatic heterocycles. The fraction of sp³-hybridized carbons (Fsp3) is 0.467. The summed E-state index contributed by atoms with van der Waals surface area (Å²) in [4.78, 5) is 14.9. The summed E-state index contributed by atoms with van der Waals surface area (Å²) in [6, 6.07) is 9.81. The van der Waals surface area contributed by atoms with Crippen LogP contribution in [-0.2, 0) is 11.2 Å². The Morgan fingerprint density at radius 3 is 2.48 bits per heavy atom. The lowest BCUT2D eigenvalue weighted by Crippen LogP contribution is -2.55. The first-order chi connectivity index (χ1) is 10.1. The highest BCUT2D eigenvalue weighted by molar-refractivity contribution is 7.80. The molecule has 1 aliphatic rings. The van der Waals surface area contributed by atoms with Crippen LogP contribution in [0.25, 0.3) is 0 Å². The van der Waals surface area contributed by atoms with Crippen LogP contribution in [0.3, 0.4) is 0 Å². The second-order valence-electron chi connectivity index (χ2n) is 5.41. The minimum Gasteiger partial charge on any atom is -0.393 e. The number of rotatable bonds is 5. The number of carbonyl (C=O) groups excluding carboxylic acids is 1. The van der Waals surface area contributed by atoms with Gasteiger partial charge in [-0.25, -0.2) is 5.01 Å². The third-order valence-corrected chi connectivity index (χ3v) is 4.00. The average Bonchev–Trinajstić information content (AvgIpc) is 2.48. The number of nitrogens with one attached hydrogen (secondary N) is 1. The van der Waals surface area contributed by atoms with Gasteiger partial charge in [0, 0.05) is 26.2 Å². The highest BCUT2D eigenvalue weighted by Crippen LogP contribution is 2.10. The molecule has 5 nitrogen and oxygen atoms in total. The van der Waals surface area contributed by atoms with E-state index in [1.165, 1.54) is 0 Å². The fourth-order valence-electron chi connectivity index (χ4n) is 2.32. The van der Waals surface area contributed by atoms with E-state index in [9.17, 15) is 4.79 Å². The lowest BCUT2D eigenvalue weighted by Gasteiger charge is -2.33. The van der Waals surface area contributed by atoms with Crippen molar-refractivity contribution < 1.29 is 4.79 Å². The van der Waals surface area contributed by atoms with Crippen LogP contribution in [0, 0.1) is 5.92 Å². The molecule has 21 heavy (non-hydrogen) atoms. The standard InChI is InChI=1S/C15H22N4OS/c1-18-7-9-19(10-8-18)17-15(20)13(14(16)21)11-12-5-3-2-4-6-12/h2-6,13H,7-11H2,1H3,(H2,16,21)(H,17,20). The zero-order valence-corrected chi connectivity index (χ0v) is 13.1. The lowest BCUT2D eigenvalue weighted by molar-refractivity contribution is -0.128. The maximum Gasteiger partial charge on any atom is 0.244 e. The van der Waals surface area contributed by atoms with Crippen molar-refractivity contribution in [1.29, 1.82) is 0 Å². The quantitative estimate of drug-likeness (QED) is 0.772. The van der Waals surface area contributed by atoms with Gasteiger partial charge < -0.3 is 10.6 Å². The Labute approximate surface area is 131 Å². The molecule has 1 aromatic carbocycles. The maximum atomic E-state index is 12.4. The molecule has 0 aliphatic carbocycles. The van der Waals surface area contributed by atoms with Crippen LogP contribution in [0.4, 0.5) is 0 Å². The molecule has 1 unspecified atom stereocenters. The summed E-state index contributed by atoms with van der Waals surface area (Å²) in [5.74, 6) is -0.585. The van der Waals surface area contributed by atoms with Crippen molar-refractivity contribution in [3.05, 3.63) is 35.9 Å². The third kappa shape index (κ3) is 4.77. The van der Waals surface area contributed by atoms with Crippen molar-refractivity contribution in [3.63, 3.8) is 0 Å². The van der Waals surface area contributed by atoms with Crippen molar-refractivity contribution >= 4 is 23.1 Å². The van der Waals surface area contributed by atoms with Gasteiger partial charge in [0.1, 0.15) is 0 Å². The molecule has 1 fully saturated rings. The molecule has 0 radical (unpaired) electrons. The predicted octanol–water partition coefficient (Wildman–Crippen LogP) is 0.410. The van der Waals surface area contributed by atoms with Gasteiger partial charge in [0.15, 0.2) is 0 Å².